The molecule has 0 spiro atoms. The van der Waals surface area contributed by atoms with Crippen LogP contribution in [0.3, 0.4) is 0 Å². The van der Waals surface area contributed by atoms with Gasteiger partial charge in [-0.05, 0) is 30.9 Å². The number of anilines is 1. The van der Waals surface area contributed by atoms with Crippen molar-refractivity contribution in [1.29, 1.82) is 0 Å². The summed E-state index contributed by atoms with van der Waals surface area (Å²) in [5, 5.41) is 3.64. The first-order valence-corrected chi connectivity index (χ1v) is 6.42. The van der Waals surface area contributed by atoms with Gasteiger partial charge < -0.3 is 10.1 Å². The van der Waals surface area contributed by atoms with E-state index < -0.39 is 0 Å². The Hall–Kier alpha value is -1.18. The maximum atomic E-state index is 5.83. The minimum atomic E-state index is 0.523. The van der Waals surface area contributed by atoms with Gasteiger partial charge in [-0.1, -0.05) is 31.4 Å². The largest absolute Gasteiger partial charge is 0.489 e. The number of ether oxygens (including phenoxy) is 1. The normalized spacial score (nSPS) is 25.4. The van der Waals surface area contributed by atoms with E-state index in [0.717, 1.165) is 18.3 Å². The Labute approximate surface area is 97.0 Å². The molecular weight excluding hydrogens is 198 g/mol. The maximum absolute atomic E-state index is 5.83. The van der Waals surface area contributed by atoms with E-state index in [-0.39, 0.29) is 0 Å². The van der Waals surface area contributed by atoms with E-state index in [1.807, 2.05) is 12.1 Å². The van der Waals surface area contributed by atoms with Crippen LogP contribution in [0.5, 0.6) is 5.75 Å². The topological polar surface area (TPSA) is 21.3 Å². The van der Waals surface area contributed by atoms with Gasteiger partial charge in [0.15, 0.2) is 0 Å². The zero-order valence-corrected chi connectivity index (χ0v) is 9.61. The Morgan fingerprint density at radius 1 is 1.06 bits per heavy atom. The molecule has 86 valence electrons. The summed E-state index contributed by atoms with van der Waals surface area (Å²) < 4.78 is 5.83. The summed E-state index contributed by atoms with van der Waals surface area (Å²) in [6, 6.07) is 8.78. The van der Waals surface area contributed by atoms with Crippen molar-refractivity contribution in [3.05, 3.63) is 24.3 Å². The lowest BCUT2D eigenvalue weighted by molar-refractivity contribution is 0.214. The molecular formula is C14H19NO. The van der Waals surface area contributed by atoms with Crippen molar-refractivity contribution in [1.82, 2.24) is 0 Å². The van der Waals surface area contributed by atoms with Crippen molar-refractivity contribution >= 4 is 5.69 Å². The quantitative estimate of drug-likeness (QED) is 0.778. The fourth-order valence-electron chi connectivity index (χ4n) is 2.92. The van der Waals surface area contributed by atoms with E-state index in [2.05, 4.69) is 17.4 Å². The van der Waals surface area contributed by atoms with Crippen LogP contribution in [0.2, 0.25) is 0 Å². The molecule has 1 atom stereocenters. The highest BCUT2D eigenvalue weighted by Crippen LogP contribution is 2.34. The predicted octanol–water partition coefficient (Wildman–Crippen LogP) is 3.44. The van der Waals surface area contributed by atoms with Crippen molar-refractivity contribution in [3.63, 3.8) is 0 Å². The highest BCUT2D eigenvalue weighted by atomic mass is 16.5. The SMILES string of the molecule is c1ccc2c(c1)N[C@H](C1CCCCC1)CO2. The van der Waals surface area contributed by atoms with Crippen LogP contribution in [-0.2, 0) is 0 Å². The number of hydrogen-bond acceptors (Lipinski definition) is 2. The highest BCUT2D eigenvalue weighted by molar-refractivity contribution is 5.58. The maximum Gasteiger partial charge on any atom is 0.142 e. The number of fused-ring (bicyclic) bond motifs is 1. The molecule has 1 aliphatic heterocycles. The summed E-state index contributed by atoms with van der Waals surface area (Å²) in [6.07, 6.45) is 6.93. The molecule has 1 N–H and O–H groups in total. The Balaban J connectivity index is 1.72. The number of hydrogen-bond donors (Lipinski definition) is 1. The van der Waals surface area contributed by atoms with Gasteiger partial charge in [-0.3, -0.25) is 0 Å². The second-order valence-electron chi connectivity index (χ2n) is 4.96. The molecule has 1 heterocycles. The third-order valence-corrected chi connectivity index (χ3v) is 3.87. The molecule has 16 heavy (non-hydrogen) atoms. The van der Waals surface area contributed by atoms with E-state index in [1.54, 1.807) is 0 Å². The third-order valence-electron chi connectivity index (χ3n) is 3.87. The zero-order valence-electron chi connectivity index (χ0n) is 9.61. The molecule has 0 saturated heterocycles. The summed E-state index contributed by atoms with van der Waals surface area (Å²) in [4.78, 5) is 0. The molecule has 1 aromatic rings. The highest BCUT2D eigenvalue weighted by Gasteiger charge is 2.27. The molecule has 1 aliphatic carbocycles. The van der Waals surface area contributed by atoms with Crippen LogP contribution >= 0.6 is 0 Å². The fraction of sp³-hybridized carbons (Fsp3) is 0.571. The minimum absolute atomic E-state index is 0.523. The smallest absolute Gasteiger partial charge is 0.142 e. The van der Waals surface area contributed by atoms with E-state index in [4.69, 9.17) is 4.74 Å². The van der Waals surface area contributed by atoms with Crippen molar-refractivity contribution < 1.29 is 4.74 Å². The van der Waals surface area contributed by atoms with Crippen LogP contribution in [0, 0.1) is 5.92 Å². The third kappa shape index (κ3) is 1.89. The Kier molecular flexibility index (Phi) is 2.73. The lowest BCUT2D eigenvalue weighted by Crippen LogP contribution is -2.38. The van der Waals surface area contributed by atoms with E-state index in [0.29, 0.717) is 6.04 Å². The van der Waals surface area contributed by atoms with Gasteiger partial charge in [-0.25, -0.2) is 0 Å². The van der Waals surface area contributed by atoms with Crippen LogP contribution in [0.15, 0.2) is 24.3 Å². The number of benzene rings is 1. The Bertz CT molecular complexity index is 358. The fourth-order valence-corrected chi connectivity index (χ4v) is 2.92. The summed E-state index contributed by atoms with van der Waals surface area (Å²) in [6.45, 7) is 0.835. The van der Waals surface area contributed by atoms with Gasteiger partial charge in [0.1, 0.15) is 12.4 Å². The second-order valence-corrected chi connectivity index (χ2v) is 4.96. The van der Waals surface area contributed by atoms with Gasteiger partial charge in [0, 0.05) is 0 Å². The molecule has 2 heteroatoms. The van der Waals surface area contributed by atoms with Gasteiger partial charge in [-0.15, -0.1) is 0 Å². The average Bonchev–Trinajstić information content (AvgIpc) is 2.39. The van der Waals surface area contributed by atoms with Gasteiger partial charge in [0.25, 0.3) is 0 Å². The van der Waals surface area contributed by atoms with E-state index >= 15 is 0 Å². The molecule has 0 unspecified atom stereocenters. The van der Waals surface area contributed by atoms with Crippen molar-refractivity contribution in [2.45, 2.75) is 38.1 Å². The number of nitrogens with one attached hydrogen (secondary N) is 1. The van der Waals surface area contributed by atoms with E-state index in [9.17, 15) is 0 Å². The lowest BCUT2D eigenvalue weighted by atomic mass is 9.83. The van der Waals surface area contributed by atoms with Crippen LogP contribution in [-0.4, -0.2) is 12.6 Å². The number of para-hydroxylation sites is 2. The van der Waals surface area contributed by atoms with Gasteiger partial charge >= 0.3 is 0 Å². The molecule has 1 saturated carbocycles. The first-order chi connectivity index (χ1) is 7.93. The lowest BCUT2D eigenvalue weighted by Gasteiger charge is -2.35. The van der Waals surface area contributed by atoms with Crippen LogP contribution < -0.4 is 10.1 Å². The summed E-state index contributed by atoms with van der Waals surface area (Å²) >= 11 is 0. The molecule has 0 radical (unpaired) electrons. The molecule has 1 fully saturated rings. The molecule has 3 rings (SSSR count). The predicted molar refractivity (Wildman–Crippen MR) is 65.9 cm³/mol. The van der Waals surface area contributed by atoms with E-state index in [1.165, 1.54) is 37.8 Å². The minimum Gasteiger partial charge on any atom is -0.489 e. The summed E-state index contributed by atoms with van der Waals surface area (Å²) in [5.41, 5.74) is 1.17. The molecule has 1 aromatic carbocycles. The van der Waals surface area contributed by atoms with Crippen molar-refractivity contribution in [2.24, 2.45) is 5.92 Å². The molecule has 0 aromatic heterocycles. The van der Waals surface area contributed by atoms with Crippen LogP contribution in [0.1, 0.15) is 32.1 Å². The average molecular weight is 217 g/mol. The Morgan fingerprint density at radius 3 is 2.75 bits per heavy atom. The standard InChI is InChI=1S/C14H19NO/c1-2-6-11(7-3-1)13-10-16-14-9-5-4-8-12(14)15-13/h4-5,8-9,11,13,15H,1-3,6-7,10H2/t13-/m0/s1. The molecule has 2 aliphatic rings. The monoisotopic (exact) mass is 217 g/mol. The van der Waals surface area contributed by atoms with Crippen LogP contribution in [0.4, 0.5) is 5.69 Å². The molecule has 2 nitrogen and oxygen atoms in total. The molecule has 0 amide bonds. The first kappa shape index (κ1) is 10.0. The van der Waals surface area contributed by atoms with Gasteiger partial charge in [0.05, 0.1) is 11.7 Å². The van der Waals surface area contributed by atoms with Crippen LogP contribution in [0.25, 0.3) is 0 Å². The van der Waals surface area contributed by atoms with Crippen molar-refractivity contribution in [2.75, 3.05) is 11.9 Å². The summed E-state index contributed by atoms with van der Waals surface area (Å²) in [7, 11) is 0. The first-order valence-electron chi connectivity index (χ1n) is 6.42. The van der Waals surface area contributed by atoms with Gasteiger partial charge in [0.2, 0.25) is 0 Å². The molecule has 0 bridgehead atoms. The van der Waals surface area contributed by atoms with Crippen molar-refractivity contribution in [3.8, 4) is 5.75 Å². The second kappa shape index (κ2) is 4.36. The zero-order chi connectivity index (χ0) is 10.8. The Morgan fingerprint density at radius 2 is 1.88 bits per heavy atom. The summed E-state index contributed by atoms with van der Waals surface area (Å²) in [5.74, 6) is 1.82. The van der Waals surface area contributed by atoms with Gasteiger partial charge in [-0.2, -0.15) is 0 Å². The number of rotatable bonds is 1.